The van der Waals surface area contributed by atoms with Gasteiger partial charge in [0.1, 0.15) is 0 Å². The summed E-state index contributed by atoms with van der Waals surface area (Å²) in [6.07, 6.45) is 3.40. The molecule has 2 N–H and O–H groups in total. The molecule has 0 atom stereocenters. The van der Waals surface area contributed by atoms with Crippen molar-refractivity contribution in [3.8, 4) is 5.69 Å². The first-order chi connectivity index (χ1) is 15.8. The highest BCUT2D eigenvalue weighted by molar-refractivity contribution is 7.92. The SMILES string of the molecule is O=C(Nc1cccc(-n2cccn2)c1)c1ccccc1NS(=O)(=O)c1cccc([N+](=O)[O-])c1. The Morgan fingerprint density at radius 3 is 2.52 bits per heavy atom. The van der Waals surface area contributed by atoms with Crippen molar-refractivity contribution in [2.75, 3.05) is 10.0 Å². The van der Waals surface area contributed by atoms with Crippen LogP contribution < -0.4 is 10.0 Å². The molecule has 4 aromatic rings. The molecule has 1 amide bonds. The van der Waals surface area contributed by atoms with Gasteiger partial charge in [-0.05, 0) is 42.5 Å². The lowest BCUT2D eigenvalue weighted by atomic mass is 10.1. The lowest BCUT2D eigenvalue weighted by molar-refractivity contribution is -0.385. The molecule has 11 heteroatoms. The molecule has 0 unspecified atom stereocenters. The summed E-state index contributed by atoms with van der Waals surface area (Å²) in [5, 5.41) is 17.9. The maximum atomic E-state index is 12.9. The molecule has 33 heavy (non-hydrogen) atoms. The van der Waals surface area contributed by atoms with Crippen molar-refractivity contribution in [1.29, 1.82) is 0 Å². The third kappa shape index (κ3) is 4.88. The van der Waals surface area contributed by atoms with Crippen LogP contribution >= 0.6 is 0 Å². The fraction of sp³-hybridized carbons (Fsp3) is 0. The minimum absolute atomic E-state index is 0.0322. The molecule has 4 rings (SSSR count). The van der Waals surface area contributed by atoms with Gasteiger partial charge in [0.05, 0.1) is 26.8 Å². The number of benzene rings is 3. The number of nitrogens with one attached hydrogen (secondary N) is 2. The Bertz CT molecular complexity index is 1440. The number of anilines is 2. The molecule has 0 aliphatic heterocycles. The molecule has 0 saturated heterocycles. The highest BCUT2D eigenvalue weighted by atomic mass is 32.2. The molecule has 1 heterocycles. The van der Waals surface area contributed by atoms with Crippen LogP contribution in [0.3, 0.4) is 0 Å². The number of nitro groups is 1. The van der Waals surface area contributed by atoms with Gasteiger partial charge in [0.15, 0.2) is 0 Å². The summed E-state index contributed by atoms with van der Waals surface area (Å²) >= 11 is 0. The van der Waals surface area contributed by atoms with Gasteiger partial charge >= 0.3 is 0 Å². The number of nitrogens with zero attached hydrogens (tertiary/aromatic N) is 3. The molecular weight excluding hydrogens is 446 g/mol. The summed E-state index contributed by atoms with van der Waals surface area (Å²) in [6.45, 7) is 0. The van der Waals surface area contributed by atoms with Gasteiger partial charge in [0.25, 0.3) is 21.6 Å². The van der Waals surface area contributed by atoms with E-state index in [-0.39, 0.29) is 21.8 Å². The molecule has 0 fully saturated rings. The number of carbonyl (C=O) groups excluding carboxylic acids is 1. The van der Waals surface area contributed by atoms with Crippen molar-refractivity contribution in [2.24, 2.45) is 0 Å². The second-order valence-corrected chi connectivity index (χ2v) is 8.54. The molecular formula is C22H17N5O5S. The largest absolute Gasteiger partial charge is 0.322 e. The van der Waals surface area contributed by atoms with E-state index in [0.717, 1.165) is 11.8 Å². The summed E-state index contributed by atoms with van der Waals surface area (Å²) in [5.74, 6) is -0.537. The van der Waals surface area contributed by atoms with Crippen LogP contribution in [0, 0.1) is 10.1 Å². The van der Waals surface area contributed by atoms with Crippen molar-refractivity contribution in [2.45, 2.75) is 4.90 Å². The smallest absolute Gasteiger partial charge is 0.270 e. The standard InChI is InChI=1S/C22H17N5O5S/c28-22(24-16-6-3-7-17(14-16)26-13-5-12-23-26)20-10-1-2-11-21(20)25-33(31,32)19-9-4-8-18(15-19)27(29)30/h1-15,25H,(H,24,28). The lowest BCUT2D eigenvalue weighted by Crippen LogP contribution is -2.18. The van der Waals surface area contributed by atoms with Crippen LogP contribution in [0.15, 0.2) is 96.2 Å². The van der Waals surface area contributed by atoms with Gasteiger partial charge in [-0.25, -0.2) is 13.1 Å². The van der Waals surface area contributed by atoms with Crippen LogP contribution in [0.4, 0.5) is 17.1 Å². The number of amides is 1. The first-order valence-corrected chi connectivity index (χ1v) is 11.1. The maximum absolute atomic E-state index is 12.9. The van der Waals surface area contributed by atoms with E-state index in [1.165, 1.54) is 30.3 Å². The zero-order valence-electron chi connectivity index (χ0n) is 17.0. The Hall–Kier alpha value is -4.51. The van der Waals surface area contributed by atoms with Gasteiger partial charge in [-0.2, -0.15) is 5.10 Å². The van der Waals surface area contributed by atoms with Crippen LogP contribution in [0.1, 0.15) is 10.4 Å². The highest BCUT2D eigenvalue weighted by Gasteiger charge is 2.21. The lowest BCUT2D eigenvalue weighted by Gasteiger charge is -2.13. The number of sulfonamides is 1. The topological polar surface area (TPSA) is 136 Å². The van der Waals surface area contributed by atoms with Crippen molar-refractivity contribution in [1.82, 2.24) is 9.78 Å². The van der Waals surface area contributed by atoms with Gasteiger partial charge in [0.2, 0.25) is 0 Å². The number of nitro benzene ring substituents is 1. The minimum atomic E-state index is -4.18. The van der Waals surface area contributed by atoms with E-state index in [0.29, 0.717) is 5.69 Å². The summed E-state index contributed by atoms with van der Waals surface area (Å²) in [6, 6.07) is 19.5. The van der Waals surface area contributed by atoms with Crippen molar-refractivity contribution < 1.29 is 18.1 Å². The summed E-state index contributed by atoms with van der Waals surface area (Å²) in [4.78, 5) is 23.0. The molecule has 1 aromatic heterocycles. The number of rotatable bonds is 7. The second-order valence-electron chi connectivity index (χ2n) is 6.86. The molecule has 0 spiro atoms. The van der Waals surface area contributed by atoms with E-state index in [2.05, 4.69) is 15.1 Å². The van der Waals surface area contributed by atoms with E-state index in [4.69, 9.17) is 0 Å². The predicted molar refractivity (Wildman–Crippen MR) is 122 cm³/mol. The van der Waals surface area contributed by atoms with Crippen LogP contribution in [0.25, 0.3) is 5.69 Å². The molecule has 0 aliphatic carbocycles. The van der Waals surface area contributed by atoms with Gasteiger partial charge in [0, 0.05) is 30.2 Å². The number of para-hydroxylation sites is 1. The third-order valence-corrected chi connectivity index (χ3v) is 5.99. The number of hydrogen-bond donors (Lipinski definition) is 2. The van der Waals surface area contributed by atoms with Crippen LogP contribution in [-0.2, 0) is 10.0 Å². The normalized spacial score (nSPS) is 11.0. The molecule has 0 bridgehead atoms. The number of non-ortho nitro benzene ring substituents is 1. The van der Waals surface area contributed by atoms with Crippen LogP contribution in [0.2, 0.25) is 0 Å². The average Bonchev–Trinajstić information content (AvgIpc) is 3.34. The summed E-state index contributed by atoms with van der Waals surface area (Å²) < 4.78 is 29.6. The van der Waals surface area contributed by atoms with E-state index >= 15 is 0 Å². The second kappa shape index (κ2) is 8.93. The minimum Gasteiger partial charge on any atom is -0.322 e. The number of aromatic nitrogens is 2. The van der Waals surface area contributed by atoms with Gasteiger partial charge < -0.3 is 5.32 Å². The zero-order chi connectivity index (χ0) is 23.4. The molecule has 3 aromatic carbocycles. The van der Waals surface area contributed by atoms with Crippen molar-refractivity contribution in [3.05, 3.63) is 107 Å². The van der Waals surface area contributed by atoms with E-state index in [9.17, 15) is 23.3 Å². The van der Waals surface area contributed by atoms with E-state index in [1.54, 1.807) is 53.5 Å². The van der Waals surface area contributed by atoms with Crippen molar-refractivity contribution in [3.63, 3.8) is 0 Å². The van der Waals surface area contributed by atoms with Gasteiger partial charge in [-0.15, -0.1) is 0 Å². The highest BCUT2D eigenvalue weighted by Crippen LogP contribution is 2.24. The van der Waals surface area contributed by atoms with Crippen molar-refractivity contribution >= 4 is 33.0 Å². The average molecular weight is 463 g/mol. The quantitative estimate of drug-likeness (QED) is 0.316. The Morgan fingerprint density at radius 2 is 1.76 bits per heavy atom. The molecule has 10 nitrogen and oxygen atoms in total. The molecule has 166 valence electrons. The monoisotopic (exact) mass is 463 g/mol. The molecule has 0 radical (unpaired) electrons. The Morgan fingerprint density at radius 1 is 0.970 bits per heavy atom. The zero-order valence-corrected chi connectivity index (χ0v) is 17.8. The van der Waals surface area contributed by atoms with E-state index < -0.39 is 20.9 Å². The third-order valence-electron chi connectivity index (χ3n) is 4.63. The maximum Gasteiger partial charge on any atom is 0.270 e. The fourth-order valence-electron chi connectivity index (χ4n) is 3.08. The van der Waals surface area contributed by atoms with Gasteiger partial charge in [-0.3, -0.25) is 19.6 Å². The van der Waals surface area contributed by atoms with E-state index in [1.807, 2.05) is 6.07 Å². The molecule has 0 aliphatic rings. The first kappa shape index (κ1) is 21.7. The first-order valence-electron chi connectivity index (χ1n) is 9.61. The Labute approximate surface area is 188 Å². The number of carbonyl (C=O) groups is 1. The fourth-order valence-corrected chi connectivity index (χ4v) is 4.20. The Balaban J connectivity index is 1.59. The summed E-state index contributed by atoms with van der Waals surface area (Å²) in [5.41, 5.74) is 0.975. The number of hydrogen-bond acceptors (Lipinski definition) is 6. The predicted octanol–water partition coefficient (Wildman–Crippen LogP) is 3.83. The molecule has 0 saturated carbocycles. The van der Waals surface area contributed by atoms with Crippen LogP contribution in [-0.4, -0.2) is 29.0 Å². The van der Waals surface area contributed by atoms with Gasteiger partial charge in [-0.1, -0.05) is 24.3 Å². The van der Waals surface area contributed by atoms with Crippen LogP contribution in [0.5, 0.6) is 0 Å². The summed E-state index contributed by atoms with van der Waals surface area (Å²) in [7, 11) is -4.18. The Kier molecular flexibility index (Phi) is 5.87.